The van der Waals surface area contributed by atoms with E-state index in [0.717, 1.165) is 31.1 Å². The number of carbonyl (C=O) groups excluding carboxylic acids is 4. The molecule has 0 aliphatic carbocycles. The summed E-state index contributed by atoms with van der Waals surface area (Å²) in [5, 5.41) is 92.9. The van der Waals surface area contributed by atoms with Gasteiger partial charge in [0.2, 0.25) is 18.1 Å². The Morgan fingerprint density at radius 2 is 1.46 bits per heavy atom. The molecule has 4 saturated heterocycles. The van der Waals surface area contributed by atoms with E-state index < -0.39 is 104 Å². The summed E-state index contributed by atoms with van der Waals surface area (Å²) in [6.07, 6.45) is -7.75. The van der Waals surface area contributed by atoms with Crippen molar-refractivity contribution in [3.05, 3.63) is 33.9 Å². The van der Waals surface area contributed by atoms with Gasteiger partial charge in [-0.2, -0.15) is 11.8 Å². The normalized spacial score (nSPS) is 24.2. The number of alkyl carbamates (subject to hydrolysis) is 1. The lowest BCUT2D eigenvalue weighted by molar-refractivity contribution is -0.386. The second-order valence-electron chi connectivity index (χ2n) is 20.2. The zero-order valence-corrected chi connectivity index (χ0v) is 47.2. The standard InChI is InChI=1S/C50H80N10O22S/c1-55(39(63)5-3-2-4-37-42-34(31-83-37)52-49(73)54-42)19-21-78-23-25-79-24-22-77-20-8-38(62)53-46(47(71)72)59-17-15-57(27-40(64)65)13-11-56(12-14-58(16-18-59)28-41(66)67)10-9-51-50(74)80-30-32-6-7-33(26-35(32)60(75)76)81-48-45(70)44(69)43(68)36(29-61)82-48/h6-7,26,34,36-37,42-46,48,61,68-70H,2-5,8-25,27-31H2,1H3,(H,51,74)(H,53,62)(H,64,65)(H,66,67)(H,71,72)(H2,52,54,73). The largest absolute Gasteiger partial charge is 0.480 e. The molecular formula is C50H80N10O22S. The molecule has 468 valence electrons. The molecule has 83 heavy (non-hydrogen) atoms. The molecule has 9 unspecified atom stereocenters. The SMILES string of the molecule is CN(CCOCCOCCOCCC(=O)NC(C(=O)O)N1CCN(CC(=O)O)CCN(CCNC(=O)OCc2ccc(OC3OC(CO)C(O)C(O)C3O)cc2[N+](=O)[O-])CCN(CC(=O)O)CC1)C(=O)CCCCC1SCC2NC(=O)NC21. The fourth-order valence-electron chi connectivity index (χ4n) is 9.47. The van der Waals surface area contributed by atoms with E-state index in [9.17, 15) is 79.4 Å². The maximum absolute atomic E-state index is 13.1. The highest BCUT2D eigenvalue weighted by Crippen LogP contribution is 2.33. The highest BCUT2D eigenvalue weighted by Gasteiger charge is 2.45. The lowest BCUT2D eigenvalue weighted by Crippen LogP contribution is -2.60. The van der Waals surface area contributed by atoms with Gasteiger partial charge >= 0.3 is 30.0 Å². The molecule has 0 bridgehead atoms. The number of nitrogens with zero attached hydrogens (tertiary/aromatic N) is 6. The van der Waals surface area contributed by atoms with Crippen molar-refractivity contribution in [1.29, 1.82) is 0 Å². The van der Waals surface area contributed by atoms with Crippen LogP contribution < -0.4 is 26.0 Å². The minimum absolute atomic E-state index is 0.0240. The highest BCUT2D eigenvalue weighted by molar-refractivity contribution is 8.00. The number of amides is 5. The highest BCUT2D eigenvalue weighted by atomic mass is 32.2. The molecule has 0 spiro atoms. The topological polar surface area (TPSA) is 424 Å². The minimum Gasteiger partial charge on any atom is -0.480 e. The van der Waals surface area contributed by atoms with Crippen LogP contribution in [0.15, 0.2) is 18.2 Å². The smallest absolute Gasteiger partial charge is 0.407 e. The number of carboxylic acids is 3. The Hall–Kier alpha value is -5.82. The lowest BCUT2D eigenvalue weighted by Gasteiger charge is -2.39. The number of unbranched alkanes of at least 4 members (excludes halogenated alkanes) is 1. The van der Waals surface area contributed by atoms with E-state index >= 15 is 0 Å². The molecule has 4 aliphatic rings. The molecule has 0 aromatic heterocycles. The number of thioether (sulfide) groups is 1. The first kappa shape index (κ1) is 68.0. The van der Waals surface area contributed by atoms with Crippen LogP contribution in [0.3, 0.4) is 0 Å². The van der Waals surface area contributed by atoms with Gasteiger partial charge in [-0.3, -0.25) is 48.9 Å². The van der Waals surface area contributed by atoms with Gasteiger partial charge in [0.05, 0.1) is 94.4 Å². The van der Waals surface area contributed by atoms with Crippen LogP contribution in [0.5, 0.6) is 5.75 Å². The van der Waals surface area contributed by atoms with Crippen molar-refractivity contribution in [2.75, 3.05) is 144 Å². The van der Waals surface area contributed by atoms with E-state index in [1.165, 1.54) is 17.0 Å². The number of aliphatic hydroxyl groups is 4. The summed E-state index contributed by atoms with van der Waals surface area (Å²) in [5.41, 5.74) is -0.584. The molecule has 4 fully saturated rings. The van der Waals surface area contributed by atoms with Gasteiger partial charge in [0.15, 0.2) is 6.17 Å². The van der Waals surface area contributed by atoms with Crippen molar-refractivity contribution in [1.82, 2.24) is 45.8 Å². The zero-order chi connectivity index (χ0) is 60.4. The van der Waals surface area contributed by atoms with Crippen molar-refractivity contribution >= 4 is 59.3 Å². The molecule has 9 atom stereocenters. The number of carboxylic acid groups (broad SMARTS) is 3. The lowest BCUT2D eigenvalue weighted by atomic mass is 9.99. The molecule has 33 heteroatoms. The van der Waals surface area contributed by atoms with Gasteiger partial charge in [-0.05, 0) is 25.0 Å². The van der Waals surface area contributed by atoms with Crippen molar-refractivity contribution in [3.63, 3.8) is 0 Å². The van der Waals surface area contributed by atoms with Crippen molar-refractivity contribution in [2.24, 2.45) is 0 Å². The molecule has 4 heterocycles. The average Bonchev–Trinajstić information content (AvgIpc) is 4.29. The van der Waals surface area contributed by atoms with Gasteiger partial charge in [-0.15, -0.1) is 0 Å². The van der Waals surface area contributed by atoms with Gasteiger partial charge in [0.25, 0.3) is 5.69 Å². The van der Waals surface area contributed by atoms with E-state index in [4.69, 9.17) is 28.4 Å². The van der Waals surface area contributed by atoms with Crippen LogP contribution in [0.1, 0.15) is 37.7 Å². The monoisotopic (exact) mass is 1200 g/mol. The molecule has 0 radical (unpaired) electrons. The number of aliphatic hydroxyl groups excluding tert-OH is 4. The number of fused-ring (bicyclic) bond motifs is 1. The number of nitro benzene ring substituents is 1. The number of rotatable bonds is 33. The summed E-state index contributed by atoms with van der Waals surface area (Å²) in [6.45, 7) is 0.296. The first-order valence-electron chi connectivity index (χ1n) is 27.4. The maximum atomic E-state index is 13.1. The molecule has 5 rings (SSSR count). The minimum atomic E-state index is -1.77. The third kappa shape index (κ3) is 23.3. The van der Waals surface area contributed by atoms with E-state index in [-0.39, 0.29) is 140 Å². The summed E-state index contributed by atoms with van der Waals surface area (Å²) in [7, 11) is 1.73. The van der Waals surface area contributed by atoms with Gasteiger partial charge in [-0.25, -0.2) is 14.4 Å². The summed E-state index contributed by atoms with van der Waals surface area (Å²) in [4.78, 5) is 106. The Labute approximate surface area is 483 Å². The molecule has 0 saturated carbocycles. The Bertz CT molecular complexity index is 2250. The Balaban J connectivity index is 0.994. The Kier molecular flexibility index (Phi) is 29.0. The third-order valence-corrected chi connectivity index (χ3v) is 15.7. The fraction of sp³-hybridized carbons (Fsp3) is 0.740. The van der Waals surface area contributed by atoms with Crippen LogP contribution >= 0.6 is 11.8 Å². The molecule has 5 amide bonds. The second-order valence-corrected chi connectivity index (χ2v) is 21.4. The van der Waals surface area contributed by atoms with Crippen LogP contribution in [0.25, 0.3) is 0 Å². The van der Waals surface area contributed by atoms with Gasteiger partial charge in [0.1, 0.15) is 36.8 Å². The Morgan fingerprint density at radius 1 is 0.831 bits per heavy atom. The summed E-state index contributed by atoms with van der Waals surface area (Å²) >= 11 is 1.85. The van der Waals surface area contributed by atoms with E-state index in [1.54, 1.807) is 21.7 Å². The number of carbonyl (C=O) groups is 7. The summed E-state index contributed by atoms with van der Waals surface area (Å²) in [5.74, 6) is -3.61. The van der Waals surface area contributed by atoms with Crippen LogP contribution in [0.2, 0.25) is 0 Å². The number of benzene rings is 1. The van der Waals surface area contributed by atoms with Crippen LogP contribution in [-0.2, 0) is 54.3 Å². The number of hydrogen-bond acceptors (Lipinski definition) is 24. The maximum Gasteiger partial charge on any atom is 0.407 e. The summed E-state index contributed by atoms with van der Waals surface area (Å²) in [6, 6.07) is 3.67. The van der Waals surface area contributed by atoms with E-state index in [2.05, 4.69) is 21.3 Å². The molecule has 4 aliphatic heterocycles. The van der Waals surface area contributed by atoms with Crippen LogP contribution in [0.4, 0.5) is 15.3 Å². The van der Waals surface area contributed by atoms with Crippen molar-refractivity contribution in [3.8, 4) is 5.75 Å². The number of likely N-dealkylation sites (N-methyl/N-ethyl adjacent to an activating group) is 1. The molecule has 11 N–H and O–H groups in total. The Morgan fingerprint density at radius 3 is 2.08 bits per heavy atom. The quantitative estimate of drug-likeness (QED) is 0.0141. The van der Waals surface area contributed by atoms with E-state index in [0.29, 0.717) is 24.8 Å². The van der Waals surface area contributed by atoms with Gasteiger partial charge in [0, 0.05) is 96.5 Å². The van der Waals surface area contributed by atoms with Crippen molar-refractivity contribution < 1.29 is 103 Å². The summed E-state index contributed by atoms with van der Waals surface area (Å²) < 4.78 is 32.7. The predicted octanol–water partition coefficient (Wildman–Crippen LogP) is -3.46. The van der Waals surface area contributed by atoms with E-state index in [1.807, 2.05) is 16.7 Å². The van der Waals surface area contributed by atoms with Crippen LogP contribution in [0, 0.1) is 10.1 Å². The van der Waals surface area contributed by atoms with Gasteiger partial charge in [-0.1, -0.05) is 6.42 Å². The number of hydrogen-bond donors (Lipinski definition) is 11. The number of nitrogens with one attached hydrogen (secondary N) is 4. The molecule has 32 nitrogen and oxygen atoms in total. The predicted molar refractivity (Wildman–Crippen MR) is 290 cm³/mol. The van der Waals surface area contributed by atoms with Crippen LogP contribution in [-0.4, -0.2) is 305 Å². The number of nitro groups is 1. The number of urea groups is 1. The first-order valence-corrected chi connectivity index (χ1v) is 28.5. The molecule has 1 aromatic carbocycles. The molecular weight excluding hydrogens is 1120 g/mol. The average molecular weight is 1210 g/mol. The first-order chi connectivity index (χ1) is 39.7. The second kappa shape index (κ2) is 35.5. The molecule has 1 aromatic rings. The van der Waals surface area contributed by atoms with Crippen molar-refractivity contribution in [2.45, 2.75) is 92.9 Å². The van der Waals surface area contributed by atoms with Gasteiger partial charge < -0.3 is 90.3 Å². The fourth-order valence-corrected chi connectivity index (χ4v) is 11.0. The number of aliphatic carboxylic acids is 3. The zero-order valence-electron chi connectivity index (χ0n) is 46.4. The third-order valence-electron chi connectivity index (χ3n) is 14.2. The number of ether oxygens (including phenoxy) is 6.